The van der Waals surface area contributed by atoms with Crippen LogP contribution in [-0.4, -0.2) is 21.9 Å². The second-order valence-corrected chi connectivity index (χ2v) is 3.31. The van der Waals surface area contributed by atoms with Crippen LogP contribution in [0.1, 0.15) is 36.2 Å². The van der Waals surface area contributed by atoms with Gasteiger partial charge in [-0.2, -0.15) is 5.10 Å². The molecule has 1 unspecified atom stereocenters. The first kappa shape index (κ1) is 7.76. The van der Waals surface area contributed by atoms with Gasteiger partial charge in [-0.1, -0.05) is 0 Å². The third kappa shape index (κ3) is 1.35. The molecule has 1 aromatic rings. The molecule has 4 heteroatoms. The maximum absolute atomic E-state index is 8.77. The van der Waals surface area contributed by atoms with E-state index in [-0.39, 0.29) is 12.6 Å². The van der Waals surface area contributed by atoms with Crippen LogP contribution in [0.15, 0.2) is 6.07 Å². The van der Waals surface area contributed by atoms with Gasteiger partial charge in [0.1, 0.15) is 0 Å². The number of nitrogens with zero attached hydrogens (tertiary/aromatic N) is 1. The minimum atomic E-state index is -0.339. The van der Waals surface area contributed by atoms with Crippen molar-refractivity contribution in [1.82, 2.24) is 10.2 Å². The van der Waals surface area contributed by atoms with Crippen molar-refractivity contribution < 1.29 is 5.11 Å². The molecule has 0 aliphatic heterocycles. The lowest BCUT2D eigenvalue weighted by atomic mass is 10.2. The number of nitrogens with two attached hydrogens (primary N) is 1. The summed E-state index contributed by atoms with van der Waals surface area (Å²) in [7, 11) is 0. The molecule has 1 fully saturated rings. The molecule has 12 heavy (non-hydrogen) atoms. The van der Waals surface area contributed by atoms with Gasteiger partial charge in [0.2, 0.25) is 0 Å². The largest absolute Gasteiger partial charge is 0.394 e. The van der Waals surface area contributed by atoms with Crippen LogP contribution in [0, 0.1) is 0 Å². The van der Waals surface area contributed by atoms with Gasteiger partial charge in [0.25, 0.3) is 0 Å². The molecule has 0 bridgehead atoms. The molecule has 0 saturated heterocycles. The molecule has 0 radical (unpaired) electrons. The van der Waals surface area contributed by atoms with E-state index < -0.39 is 0 Å². The van der Waals surface area contributed by atoms with Crippen molar-refractivity contribution in [1.29, 1.82) is 0 Å². The van der Waals surface area contributed by atoms with Crippen LogP contribution in [0.3, 0.4) is 0 Å². The highest BCUT2D eigenvalue weighted by Crippen LogP contribution is 2.39. The summed E-state index contributed by atoms with van der Waals surface area (Å²) in [6.45, 7) is -0.0467. The average Bonchev–Trinajstić information content (AvgIpc) is 2.83. The van der Waals surface area contributed by atoms with Crippen LogP contribution >= 0.6 is 0 Å². The molecule has 0 aromatic carbocycles. The first-order valence-corrected chi connectivity index (χ1v) is 4.23. The molecule has 1 aliphatic carbocycles. The number of aliphatic hydroxyl groups is 1. The molecule has 0 spiro atoms. The van der Waals surface area contributed by atoms with E-state index in [1.807, 2.05) is 6.07 Å². The van der Waals surface area contributed by atoms with E-state index in [0.717, 1.165) is 11.4 Å². The Kier molecular flexibility index (Phi) is 1.86. The molecule has 4 nitrogen and oxygen atoms in total. The Labute approximate surface area is 70.8 Å². The molecule has 4 N–H and O–H groups in total. The number of aliphatic hydroxyl groups excluding tert-OH is 1. The molecule has 1 aromatic heterocycles. The SMILES string of the molecule is NC(CO)c1cc(C2CC2)[nH]n1. The number of rotatable bonds is 3. The van der Waals surface area contributed by atoms with Crippen molar-refractivity contribution in [3.8, 4) is 0 Å². The summed E-state index contributed by atoms with van der Waals surface area (Å²) in [5, 5.41) is 15.8. The summed E-state index contributed by atoms with van der Waals surface area (Å²) in [6.07, 6.45) is 2.49. The van der Waals surface area contributed by atoms with Crippen LogP contribution in [0.5, 0.6) is 0 Å². The van der Waals surface area contributed by atoms with Crippen molar-refractivity contribution in [3.05, 3.63) is 17.5 Å². The third-order valence-corrected chi connectivity index (χ3v) is 2.21. The number of aromatic amines is 1. The highest BCUT2D eigenvalue weighted by molar-refractivity contribution is 5.19. The Balaban J connectivity index is 2.12. The number of H-pyrrole nitrogens is 1. The van der Waals surface area contributed by atoms with Gasteiger partial charge >= 0.3 is 0 Å². The second-order valence-electron chi connectivity index (χ2n) is 3.31. The molecule has 1 saturated carbocycles. The molecular weight excluding hydrogens is 154 g/mol. The Hall–Kier alpha value is -0.870. The second kappa shape index (κ2) is 2.88. The van der Waals surface area contributed by atoms with E-state index in [0.29, 0.717) is 5.92 Å². The van der Waals surface area contributed by atoms with Crippen LogP contribution in [-0.2, 0) is 0 Å². The van der Waals surface area contributed by atoms with Gasteiger partial charge < -0.3 is 10.8 Å². The van der Waals surface area contributed by atoms with Crippen molar-refractivity contribution in [2.45, 2.75) is 24.8 Å². The van der Waals surface area contributed by atoms with E-state index in [1.165, 1.54) is 12.8 Å². The van der Waals surface area contributed by atoms with Gasteiger partial charge in [0.15, 0.2) is 0 Å². The van der Waals surface area contributed by atoms with E-state index in [4.69, 9.17) is 10.8 Å². The zero-order valence-electron chi connectivity index (χ0n) is 6.83. The van der Waals surface area contributed by atoms with Crippen molar-refractivity contribution in [3.63, 3.8) is 0 Å². The fourth-order valence-corrected chi connectivity index (χ4v) is 1.24. The molecule has 1 atom stereocenters. The zero-order valence-corrected chi connectivity index (χ0v) is 6.83. The average molecular weight is 167 g/mol. The normalized spacial score (nSPS) is 19.5. The minimum Gasteiger partial charge on any atom is -0.394 e. The number of hydrogen-bond donors (Lipinski definition) is 3. The third-order valence-electron chi connectivity index (χ3n) is 2.21. The van der Waals surface area contributed by atoms with E-state index in [1.54, 1.807) is 0 Å². The van der Waals surface area contributed by atoms with Crippen molar-refractivity contribution >= 4 is 0 Å². The summed E-state index contributed by atoms with van der Waals surface area (Å²) in [4.78, 5) is 0. The Morgan fingerprint density at radius 1 is 1.75 bits per heavy atom. The lowest BCUT2D eigenvalue weighted by Crippen LogP contribution is -2.14. The van der Waals surface area contributed by atoms with Crippen molar-refractivity contribution in [2.75, 3.05) is 6.61 Å². The van der Waals surface area contributed by atoms with E-state index >= 15 is 0 Å². The Morgan fingerprint density at radius 3 is 3.08 bits per heavy atom. The molecular formula is C8H13N3O. The minimum absolute atomic E-state index is 0.0467. The standard InChI is InChI=1S/C8H13N3O/c9-6(4-12)8-3-7(10-11-8)5-1-2-5/h3,5-6,12H,1-2,4,9H2,(H,10,11). The predicted molar refractivity (Wildman–Crippen MR) is 44.6 cm³/mol. The first-order valence-electron chi connectivity index (χ1n) is 4.23. The molecule has 0 amide bonds. The van der Waals surface area contributed by atoms with Crippen LogP contribution < -0.4 is 5.73 Å². The first-order chi connectivity index (χ1) is 5.81. The highest BCUT2D eigenvalue weighted by atomic mass is 16.3. The summed E-state index contributed by atoms with van der Waals surface area (Å²) in [5.41, 5.74) is 7.52. The van der Waals surface area contributed by atoms with Crippen LogP contribution in [0.25, 0.3) is 0 Å². The maximum atomic E-state index is 8.77. The smallest absolute Gasteiger partial charge is 0.0815 e. The number of hydrogen-bond acceptors (Lipinski definition) is 3. The van der Waals surface area contributed by atoms with Gasteiger partial charge in [0, 0.05) is 11.6 Å². The summed E-state index contributed by atoms with van der Waals surface area (Å²) in [6, 6.07) is 1.62. The van der Waals surface area contributed by atoms with E-state index in [9.17, 15) is 0 Å². The van der Waals surface area contributed by atoms with Gasteiger partial charge in [0.05, 0.1) is 18.3 Å². The Morgan fingerprint density at radius 2 is 2.50 bits per heavy atom. The molecule has 1 aliphatic rings. The molecule has 1 heterocycles. The predicted octanol–water partition coefficient (Wildman–Crippen LogP) is 0.279. The van der Waals surface area contributed by atoms with Gasteiger partial charge in [-0.3, -0.25) is 5.10 Å². The lowest BCUT2D eigenvalue weighted by molar-refractivity contribution is 0.266. The van der Waals surface area contributed by atoms with Gasteiger partial charge in [-0.25, -0.2) is 0 Å². The lowest BCUT2D eigenvalue weighted by Gasteiger charge is -2.00. The number of nitrogens with one attached hydrogen (secondary N) is 1. The summed E-state index contributed by atoms with van der Waals surface area (Å²) in [5.74, 6) is 0.664. The highest BCUT2D eigenvalue weighted by Gasteiger charge is 2.26. The summed E-state index contributed by atoms with van der Waals surface area (Å²) < 4.78 is 0. The van der Waals surface area contributed by atoms with Gasteiger partial charge in [-0.05, 0) is 18.9 Å². The van der Waals surface area contributed by atoms with Crippen LogP contribution in [0.2, 0.25) is 0 Å². The number of aromatic nitrogens is 2. The topological polar surface area (TPSA) is 74.9 Å². The fraction of sp³-hybridized carbons (Fsp3) is 0.625. The van der Waals surface area contributed by atoms with Crippen LogP contribution in [0.4, 0.5) is 0 Å². The maximum Gasteiger partial charge on any atom is 0.0815 e. The zero-order chi connectivity index (χ0) is 8.55. The van der Waals surface area contributed by atoms with Gasteiger partial charge in [-0.15, -0.1) is 0 Å². The van der Waals surface area contributed by atoms with Crippen molar-refractivity contribution in [2.24, 2.45) is 5.73 Å². The molecule has 2 rings (SSSR count). The Bertz CT molecular complexity index is 267. The molecule has 66 valence electrons. The van der Waals surface area contributed by atoms with E-state index in [2.05, 4.69) is 10.2 Å². The fourth-order valence-electron chi connectivity index (χ4n) is 1.24. The monoisotopic (exact) mass is 167 g/mol. The summed E-state index contributed by atoms with van der Waals surface area (Å²) >= 11 is 0. The quantitative estimate of drug-likeness (QED) is 0.605.